The molecule has 23 heavy (non-hydrogen) atoms. The molecule has 3 heteroatoms. The Morgan fingerprint density at radius 3 is 1.87 bits per heavy atom. The fourth-order valence-electron chi connectivity index (χ4n) is 3.50. The number of hydrogen-bond donors (Lipinski definition) is 0. The van der Waals surface area contributed by atoms with Gasteiger partial charge in [-0.05, 0) is 69.8 Å². The third-order valence-electron chi connectivity index (χ3n) is 4.89. The van der Waals surface area contributed by atoms with Crippen LogP contribution in [0, 0.1) is 69.6 Å². The molecule has 3 aliphatic heterocycles. The second-order valence-electron chi connectivity index (χ2n) is 6.35. The molecule has 10 radical (unpaired) electrons. The van der Waals surface area contributed by atoms with Gasteiger partial charge in [-0.3, -0.25) is 4.48 Å². The fraction of sp³-hybridized carbons (Fsp3) is 0.300. The number of fused-ring (bicyclic) bond motifs is 3. The molecular formula is C20H24FeIN+2. The Morgan fingerprint density at radius 2 is 1.43 bits per heavy atom. The first-order chi connectivity index (χ1) is 10.2. The Bertz CT molecular complexity index is 392. The van der Waals surface area contributed by atoms with Crippen LogP contribution < -0.4 is 24.0 Å². The van der Waals surface area contributed by atoms with Crippen LogP contribution in [-0.4, -0.2) is 24.6 Å². The van der Waals surface area contributed by atoms with Crippen LogP contribution in [0.4, 0.5) is 0 Å². The second kappa shape index (κ2) is 9.99. The quantitative estimate of drug-likeness (QED) is 0.307. The molecule has 3 heterocycles. The summed E-state index contributed by atoms with van der Waals surface area (Å²) < 4.78 is 1.10. The van der Waals surface area contributed by atoms with E-state index in [9.17, 15) is 0 Å². The summed E-state index contributed by atoms with van der Waals surface area (Å²) in [7, 11) is 2.36. The average Bonchev–Trinajstić information content (AvgIpc) is 3.19. The van der Waals surface area contributed by atoms with Gasteiger partial charge in [0.15, 0.2) is 0 Å². The summed E-state index contributed by atoms with van der Waals surface area (Å²) in [5, 5.41) is 0. The van der Waals surface area contributed by atoms with Gasteiger partial charge in [0.05, 0.1) is 20.1 Å². The Hall–Kier alpha value is 0.689. The Kier molecular flexibility index (Phi) is 9.44. The van der Waals surface area contributed by atoms with Gasteiger partial charge in [-0.25, -0.2) is 0 Å². The third kappa shape index (κ3) is 5.33. The molecular weight excluding hydrogens is 437 g/mol. The van der Waals surface area contributed by atoms with E-state index in [0.717, 1.165) is 10.4 Å². The minimum absolute atomic E-state index is 0. The van der Waals surface area contributed by atoms with Crippen molar-refractivity contribution < 1.29 is 45.5 Å². The van der Waals surface area contributed by atoms with Crippen LogP contribution in [0.2, 0.25) is 0 Å². The summed E-state index contributed by atoms with van der Waals surface area (Å²) in [6.07, 6.45) is 23.6. The first-order valence-corrected chi connectivity index (χ1v) is 7.83. The van der Waals surface area contributed by atoms with Gasteiger partial charge in [-0.2, -0.15) is 0 Å². The monoisotopic (exact) mass is 461 g/mol. The molecule has 0 aromatic heterocycles. The molecule has 0 aromatic carbocycles. The average molecular weight is 461 g/mol. The number of halogens is 1. The minimum atomic E-state index is 0. The molecule has 5 rings (SSSR count). The van der Waals surface area contributed by atoms with Crippen molar-refractivity contribution in [2.75, 3.05) is 20.1 Å². The molecule has 5 aliphatic rings. The van der Waals surface area contributed by atoms with E-state index in [1.165, 1.54) is 43.1 Å². The number of hydrogen-bond acceptors (Lipinski definition) is 0. The Morgan fingerprint density at radius 1 is 0.957 bits per heavy atom. The SMILES string of the molecule is C=C1/C(=C/[C]2[CH][CH][CH][CH]2)[N+]2(C)CCC1CC2.[CH]1[CH][CH][CH][CH]1.[Fe+2].[I-]. The summed E-state index contributed by atoms with van der Waals surface area (Å²) in [5.74, 6) is 2.07. The maximum absolute atomic E-state index is 4.32. The van der Waals surface area contributed by atoms with Gasteiger partial charge in [0.25, 0.3) is 0 Å². The van der Waals surface area contributed by atoms with Crippen molar-refractivity contribution in [3.8, 4) is 0 Å². The molecule has 0 N–H and O–H groups in total. The van der Waals surface area contributed by atoms with Crippen LogP contribution in [-0.2, 0) is 17.1 Å². The van der Waals surface area contributed by atoms with Gasteiger partial charge in [-0.15, -0.1) is 0 Å². The zero-order valence-electron chi connectivity index (χ0n) is 13.6. The van der Waals surface area contributed by atoms with E-state index in [4.69, 9.17) is 0 Å². The normalized spacial score (nSPS) is 34.6. The number of allylic oxidation sites excluding steroid dienone is 2. The van der Waals surface area contributed by atoms with Gasteiger partial charge in [0, 0.05) is 24.3 Å². The smallest absolute Gasteiger partial charge is 1.00 e. The minimum Gasteiger partial charge on any atom is -1.00 e. The van der Waals surface area contributed by atoms with E-state index in [2.05, 4.69) is 45.4 Å². The second-order valence-corrected chi connectivity index (χ2v) is 6.35. The van der Waals surface area contributed by atoms with Crippen molar-refractivity contribution >= 4 is 0 Å². The van der Waals surface area contributed by atoms with Crippen molar-refractivity contribution in [2.24, 2.45) is 5.92 Å². The van der Waals surface area contributed by atoms with Crippen molar-refractivity contribution in [3.05, 3.63) is 87.6 Å². The topological polar surface area (TPSA) is 0 Å². The van der Waals surface area contributed by atoms with Gasteiger partial charge in [0.2, 0.25) is 0 Å². The Balaban J connectivity index is 0.000000328. The maximum Gasteiger partial charge on any atom is 2.00 e. The molecule has 5 fully saturated rings. The van der Waals surface area contributed by atoms with Crippen LogP contribution in [0.1, 0.15) is 12.8 Å². The fourth-order valence-corrected chi connectivity index (χ4v) is 3.50. The van der Waals surface area contributed by atoms with E-state index in [0.29, 0.717) is 0 Å². The van der Waals surface area contributed by atoms with Gasteiger partial charge in [0.1, 0.15) is 5.70 Å². The molecule has 0 atom stereocenters. The van der Waals surface area contributed by atoms with Crippen LogP contribution in [0.15, 0.2) is 23.9 Å². The molecule has 0 amide bonds. The van der Waals surface area contributed by atoms with Crippen molar-refractivity contribution in [1.29, 1.82) is 0 Å². The molecule has 0 unspecified atom stereocenters. The summed E-state index contributed by atoms with van der Waals surface area (Å²) in [6, 6.07) is 0. The molecule has 1 nitrogen and oxygen atoms in total. The summed E-state index contributed by atoms with van der Waals surface area (Å²) in [6.45, 7) is 6.90. The van der Waals surface area contributed by atoms with E-state index >= 15 is 0 Å². The van der Waals surface area contributed by atoms with Crippen LogP contribution in [0.25, 0.3) is 0 Å². The third-order valence-corrected chi connectivity index (χ3v) is 4.89. The number of piperidine rings is 3. The number of likely N-dealkylation sites (N-methyl/N-ethyl adjacent to an activating group) is 1. The predicted octanol–water partition coefficient (Wildman–Crippen LogP) is 0.725. The first kappa shape index (κ1) is 21.7. The molecule has 2 aliphatic carbocycles. The van der Waals surface area contributed by atoms with Crippen molar-refractivity contribution in [3.63, 3.8) is 0 Å². The molecule has 2 saturated carbocycles. The van der Waals surface area contributed by atoms with Crippen molar-refractivity contribution in [1.82, 2.24) is 0 Å². The zero-order valence-corrected chi connectivity index (χ0v) is 16.8. The van der Waals surface area contributed by atoms with Crippen LogP contribution in [0.3, 0.4) is 0 Å². The first-order valence-electron chi connectivity index (χ1n) is 7.83. The van der Waals surface area contributed by atoms with Crippen LogP contribution >= 0.6 is 0 Å². The zero-order chi connectivity index (χ0) is 14.7. The van der Waals surface area contributed by atoms with E-state index in [1.54, 1.807) is 0 Å². The Labute approximate surface area is 171 Å². The van der Waals surface area contributed by atoms with E-state index in [-0.39, 0.29) is 41.0 Å². The number of nitrogens with zero attached hydrogens (tertiary/aromatic N) is 1. The maximum atomic E-state index is 4.32. The predicted molar refractivity (Wildman–Crippen MR) is 87.8 cm³/mol. The van der Waals surface area contributed by atoms with Gasteiger partial charge < -0.3 is 24.0 Å². The molecule has 3 saturated heterocycles. The summed E-state index contributed by atoms with van der Waals surface area (Å²) in [5.41, 5.74) is 2.86. The summed E-state index contributed by atoms with van der Waals surface area (Å²) in [4.78, 5) is 0. The van der Waals surface area contributed by atoms with Crippen molar-refractivity contribution in [2.45, 2.75) is 12.8 Å². The largest absolute Gasteiger partial charge is 2.00 e. The molecule has 2 bridgehead atoms. The van der Waals surface area contributed by atoms with E-state index in [1.807, 2.05) is 32.1 Å². The molecule has 0 aromatic rings. The number of quaternary nitrogens is 1. The van der Waals surface area contributed by atoms with Crippen LogP contribution in [0.5, 0.6) is 0 Å². The van der Waals surface area contributed by atoms with Gasteiger partial charge >= 0.3 is 17.1 Å². The van der Waals surface area contributed by atoms with Gasteiger partial charge in [-0.1, -0.05) is 6.58 Å². The summed E-state index contributed by atoms with van der Waals surface area (Å²) >= 11 is 0. The van der Waals surface area contributed by atoms with E-state index < -0.39 is 0 Å². The number of rotatable bonds is 1. The molecule has 122 valence electrons. The standard InChI is InChI=1S/C15H19N.C5H5.Fe.HI/c1-12-14-7-9-16(2,10-8-14)15(12)11-13-5-3-4-6-13;1-2-4-5-3-1;;/h3-6,11,14H,1,7-10H2,2H3;1-5H;;1H/q+1;;+2;/p-1/b15-11-;;;. The molecule has 0 spiro atoms.